The summed E-state index contributed by atoms with van der Waals surface area (Å²) >= 11 is 0. The van der Waals surface area contributed by atoms with Crippen molar-refractivity contribution < 1.29 is 14.6 Å². The molecule has 118 valence electrons. The van der Waals surface area contributed by atoms with Crippen molar-refractivity contribution in [3.8, 4) is 0 Å². The molecule has 20 heavy (non-hydrogen) atoms. The fraction of sp³-hybridized carbons (Fsp3) is 0.882. The molecule has 0 aromatic heterocycles. The molecule has 0 unspecified atom stereocenters. The lowest BCUT2D eigenvalue weighted by Crippen LogP contribution is -2.31. The maximum Gasteiger partial charge on any atom is 0.0919 e. The molecule has 0 aliphatic carbocycles. The van der Waals surface area contributed by atoms with E-state index in [-0.39, 0.29) is 12.0 Å². The summed E-state index contributed by atoms with van der Waals surface area (Å²) < 4.78 is 10.7. The first kappa shape index (κ1) is 17.5. The van der Waals surface area contributed by atoms with Crippen LogP contribution in [-0.4, -0.2) is 31.5 Å². The van der Waals surface area contributed by atoms with Crippen molar-refractivity contribution in [2.45, 2.75) is 64.9 Å². The van der Waals surface area contributed by atoms with E-state index in [0.717, 1.165) is 31.1 Å². The van der Waals surface area contributed by atoms with Gasteiger partial charge < -0.3 is 14.6 Å². The summed E-state index contributed by atoms with van der Waals surface area (Å²) in [4.78, 5) is 0. The lowest BCUT2D eigenvalue weighted by Gasteiger charge is -2.26. The van der Waals surface area contributed by atoms with Gasteiger partial charge in [-0.15, -0.1) is 0 Å². The van der Waals surface area contributed by atoms with Crippen LogP contribution in [0.5, 0.6) is 0 Å². The van der Waals surface area contributed by atoms with Gasteiger partial charge in [-0.2, -0.15) is 0 Å². The van der Waals surface area contributed by atoms with Gasteiger partial charge >= 0.3 is 0 Å². The molecule has 1 rings (SSSR count). The molecule has 0 bridgehead atoms. The topological polar surface area (TPSA) is 38.7 Å². The Morgan fingerprint density at radius 3 is 2.85 bits per heavy atom. The van der Waals surface area contributed by atoms with Crippen molar-refractivity contribution in [2.24, 2.45) is 11.8 Å². The van der Waals surface area contributed by atoms with Gasteiger partial charge in [0.1, 0.15) is 0 Å². The number of rotatable bonds is 9. The summed E-state index contributed by atoms with van der Waals surface area (Å²) in [6, 6.07) is 0. The number of methoxy groups -OCH3 is 1. The third kappa shape index (κ3) is 6.76. The van der Waals surface area contributed by atoms with Crippen LogP contribution in [0.3, 0.4) is 0 Å². The highest BCUT2D eigenvalue weighted by Gasteiger charge is 2.22. The minimum absolute atomic E-state index is 0.189. The number of ether oxygens (including phenoxy) is 2. The molecule has 0 saturated carbocycles. The SMILES string of the molecule is CCCCC[C@H](C)CC/C(=C\[C@@H]1CCOC[C@@H]1O)OC. The summed E-state index contributed by atoms with van der Waals surface area (Å²) in [7, 11) is 1.74. The minimum Gasteiger partial charge on any atom is -0.501 e. The van der Waals surface area contributed by atoms with E-state index in [0.29, 0.717) is 6.61 Å². The fourth-order valence-electron chi connectivity index (χ4n) is 2.70. The van der Waals surface area contributed by atoms with Crippen LogP contribution in [0, 0.1) is 11.8 Å². The Labute approximate surface area is 124 Å². The lowest BCUT2D eigenvalue weighted by atomic mass is 9.94. The van der Waals surface area contributed by atoms with Gasteiger partial charge in [-0.25, -0.2) is 0 Å². The van der Waals surface area contributed by atoms with Crippen LogP contribution in [0.15, 0.2) is 11.8 Å². The number of hydrogen-bond acceptors (Lipinski definition) is 3. The van der Waals surface area contributed by atoms with Gasteiger partial charge in [-0.3, -0.25) is 0 Å². The second-order valence-corrected chi connectivity index (χ2v) is 6.07. The van der Waals surface area contributed by atoms with Crippen molar-refractivity contribution in [1.29, 1.82) is 0 Å². The molecule has 3 heteroatoms. The molecule has 0 aromatic rings. The zero-order valence-electron chi connectivity index (χ0n) is 13.4. The van der Waals surface area contributed by atoms with E-state index in [1.165, 1.54) is 32.1 Å². The van der Waals surface area contributed by atoms with E-state index in [1.54, 1.807) is 7.11 Å². The molecule has 3 nitrogen and oxygen atoms in total. The largest absolute Gasteiger partial charge is 0.501 e. The first-order valence-corrected chi connectivity index (χ1v) is 8.17. The monoisotopic (exact) mass is 284 g/mol. The summed E-state index contributed by atoms with van der Waals surface area (Å²) in [5.74, 6) is 1.96. The van der Waals surface area contributed by atoms with Crippen molar-refractivity contribution >= 4 is 0 Å². The average molecular weight is 284 g/mol. The standard InChI is InChI=1S/C17H32O3/c1-4-5-6-7-14(2)8-9-16(19-3)12-15-10-11-20-13-17(15)18/h12,14-15,17-18H,4-11,13H2,1-3H3/b16-12+/t14-,15-,17-/m0/s1. The second kappa shape index (κ2) is 10.2. The highest BCUT2D eigenvalue weighted by molar-refractivity contribution is 5.00. The van der Waals surface area contributed by atoms with Gasteiger partial charge in [0.05, 0.1) is 25.6 Å². The van der Waals surface area contributed by atoms with Gasteiger partial charge in [0.2, 0.25) is 0 Å². The van der Waals surface area contributed by atoms with Crippen LogP contribution in [0.1, 0.15) is 58.8 Å². The number of aliphatic hydroxyl groups is 1. The van der Waals surface area contributed by atoms with Crippen LogP contribution >= 0.6 is 0 Å². The van der Waals surface area contributed by atoms with E-state index in [2.05, 4.69) is 19.9 Å². The molecular formula is C17H32O3. The molecule has 0 radical (unpaired) electrons. The van der Waals surface area contributed by atoms with Gasteiger partial charge in [-0.1, -0.05) is 39.5 Å². The fourth-order valence-corrected chi connectivity index (χ4v) is 2.70. The molecule has 3 atom stereocenters. The predicted molar refractivity (Wildman–Crippen MR) is 82.6 cm³/mol. The smallest absolute Gasteiger partial charge is 0.0919 e. The zero-order valence-corrected chi connectivity index (χ0v) is 13.4. The van der Waals surface area contributed by atoms with Gasteiger partial charge in [0, 0.05) is 18.9 Å². The van der Waals surface area contributed by atoms with Crippen molar-refractivity contribution in [3.05, 3.63) is 11.8 Å². The lowest BCUT2D eigenvalue weighted by molar-refractivity contribution is -0.0306. The first-order chi connectivity index (χ1) is 9.67. The summed E-state index contributed by atoms with van der Waals surface area (Å²) in [6.07, 6.45) is 10.1. The first-order valence-electron chi connectivity index (χ1n) is 8.17. The van der Waals surface area contributed by atoms with E-state index >= 15 is 0 Å². The Morgan fingerprint density at radius 2 is 2.20 bits per heavy atom. The highest BCUT2D eigenvalue weighted by Crippen LogP contribution is 2.23. The quantitative estimate of drug-likeness (QED) is 0.515. The summed E-state index contributed by atoms with van der Waals surface area (Å²) in [5, 5.41) is 9.91. The Morgan fingerprint density at radius 1 is 1.40 bits per heavy atom. The molecule has 1 saturated heterocycles. The summed E-state index contributed by atoms with van der Waals surface area (Å²) in [5.41, 5.74) is 0. The Hall–Kier alpha value is -0.540. The predicted octanol–water partition coefficient (Wildman–Crippen LogP) is 3.91. The van der Waals surface area contributed by atoms with E-state index in [9.17, 15) is 5.11 Å². The number of aliphatic hydroxyl groups excluding tert-OH is 1. The molecule has 1 fully saturated rings. The van der Waals surface area contributed by atoms with Gasteiger partial charge in [0.25, 0.3) is 0 Å². The van der Waals surface area contributed by atoms with E-state index in [1.807, 2.05) is 0 Å². The molecule has 0 amide bonds. The van der Waals surface area contributed by atoms with Crippen LogP contribution in [0.25, 0.3) is 0 Å². The molecule has 1 N–H and O–H groups in total. The Balaban J connectivity index is 2.34. The van der Waals surface area contributed by atoms with Crippen LogP contribution in [0.4, 0.5) is 0 Å². The van der Waals surface area contributed by atoms with Crippen LogP contribution < -0.4 is 0 Å². The number of hydrogen-bond donors (Lipinski definition) is 1. The van der Waals surface area contributed by atoms with Gasteiger partial charge in [0.15, 0.2) is 0 Å². The Kier molecular flexibility index (Phi) is 8.95. The third-order valence-corrected chi connectivity index (χ3v) is 4.22. The van der Waals surface area contributed by atoms with E-state index < -0.39 is 0 Å². The molecule has 0 spiro atoms. The number of allylic oxidation sites excluding steroid dienone is 1. The highest BCUT2D eigenvalue weighted by atomic mass is 16.5. The minimum atomic E-state index is -0.379. The normalized spacial score (nSPS) is 25.5. The summed E-state index contributed by atoms with van der Waals surface area (Å²) in [6.45, 7) is 5.76. The molecule has 1 aliphatic heterocycles. The van der Waals surface area contributed by atoms with E-state index in [4.69, 9.17) is 9.47 Å². The zero-order chi connectivity index (χ0) is 14.8. The van der Waals surface area contributed by atoms with Crippen LogP contribution in [0.2, 0.25) is 0 Å². The molecule has 1 aliphatic rings. The van der Waals surface area contributed by atoms with Crippen molar-refractivity contribution in [2.75, 3.05) is 20.3 Å². The molecular weight excluding hydrogens is 252 g/mol. The van der Waals surface area contributed by atoms with Crippen molar-refractivity contribution in [3.63, 3.8) is 0 Å². The third-order valence-electron chi connectivity index (χ3n) is 4.22. The molecule has 1 heterocycles. The number of unbranched alkanes of at least 4 members (excludes halogenated alkanes) is 2. The second-order valence-electron chi connectivity index (χ2n) is 6.07. The Bertz CT molecular complexity index is 275. The maximum absolute atomic E-state index is 9.91. The van der Waals surface area contributed by atoms with Crippen LogP contribution in [-0.2, 0) is 9.47 Å². The average Bonchev–Trinajstić information content (AvgIpc) is 2.45. The maximum atomic E-state index is 9.91. The van der Waals surface area contributed by atoms with Gasteiger partial charge in [-0.05, 0) is 24.8 Å². The molecule has 0 aromatic carbocycles. The van der Waals surface area contributed by atoms with Crippen molar-refractivity contribution in [1.82, 2.24) is 0 Å².